The number of amides is 1. The molecule has 1 amide bonds. The Labute approximate surface area is 173 Å². The van der Waals surface area contributed by atoms with Gasteiger partial charge in [0.05, 0.1) is 17.2 Å². The summed E-state index contributed by atoms with van der Waals surface area (Å²) in [5, 5.41) is 16.8. The number of phenols is 1. The van der Waals surface area contributed by atoms with Crippen molar-refractivity contribution in [1.82, 2.24) is 14.5 Å². The fraction of sp³-hybridized carbons (Fsp3) is 0.273. The highest BCUT2D eigenvalue weighted by atomic mass is 16.3. The van der Waals surface area contributed by atoms with Crippen molar-refractivity contribution in [1.29, 1.82) is 0 Å². The Kier molecular flexibility index (Phi) is 6.79. The summed E-state index contributed by atoms with van der Waals surface area (Å²) in [6.07, 6.45) is 3.27. The highest BCUT2D eigenvalue weighted by Gasteiger charge is 2.26. The molecule has 1 aliphatic heterocycles. The number of carbonyl (C=O) groups is 2. The molecule has 1 saturated heterocycles. The molecule has 1 aliphatic rings. The predicted octanol–water partition coefficient (Wildman–Crippen LogP) is 1.89. The van der Waals surface area contributed by atoms with E-state index in [4.69, 9.17) is 9.90 Å². The standard InChI is InChI=1S/C21H21N3O3.CH2O2/c25-17-7-5-15(6-8-17)11-16-9-10-23(12-16)20(26)13-24-14-22-19-4-2-1-3-18(19)21(24)27;2-1-3/h1-8,14,16,25H,9-13H2;1H,(H,2,3). The van der Waals surface area contributed by atoms with E-state index < -0.39 is 0 Å². The third-order valence-corrected chi connectivity index (χ3v) is 5.14. The summed E-state index contributed by atoms with van der Waals surface area (Å²) < 4.78 is 1.39. The quantitative estimate of drug-likeness (QED) is 0.637. The minimum Gasteiger partial charge on any atom is -0.508 e. The number of carbonyl (C=O) groups excluding carboxylic acids is 1. The van der Waals surface area contributed by atoms with Crippen LogP contribution < -0.4 is 5.56 Å². The number of likely N-dealkylation sites (tertiary alicyclic amines) is 1. The molecule has 8 heteroatoms. The van der Waals surface area contributed by atoms with Crippen LogP contribution in [0.25, 0.3) is 10.9 Å². The van der Waals surface area contributed by atoms with Crippen LogP contribution >= 0.6 is 0 Å². The largest absolute Gasteiger partial charge is 0.508 e. The summed E-state index contributed by atoms with van der Waals surface area (Å²) in [5.41, 5.74) is 1.61. The molecular weight excluding hydrogens is 386 g/mol. The summed E-state index contributed by atoms with van der Waals surface area (Å²) in [7, 11) is 0. The molecule has 8 nitrogen and oxygen atoms in total. The van der Waals surface area contributed by atoms with Crippen LogP contribution in [0.5, 0.6) is 5.75 Å². The lowest BCUT2D eigenvalue weighted by Crippen LogP contribution is -2.35. The van der Waals surface area contributed by atoms with Crippen LogP contribution in [0, 0.1) is 5.92 Å². The number of aromatic nitrogens is 2. The number of fused-ring (bicyclic) bond motifs is 1. The maximum Gasteiger partial charge on any atom is 0.290 e. The Bertz CT molecular complexity index is 1080. The maximum absolute atomic E-state index is 12.7. The Morgan fingerprint density at radius 1 is 1.17 bits per heavy atom. The van der Waals surface area contributed by atoms with E-state index in [2.05, 4.69) is 4.98 Å². The molecule has 0 spiro atoms. The average molecular weight is 409 g/mol. The van der Waals surface area contributed by atoms with Crippen molar-refractivity contribution in [2.75, 3.05) is 13.1 Å². The van der Waals surface area contributed by atoms with Gasteiger partial charge in [0.1, 0.15) is 12.3 Å². The molecule has 4 rings (SSSR count). The summed E-state index contributed by atoms with van der Waals surface area (Å²) in [6, 6.07) is 14.4. The van der Waals surface area contributed by atoms with Gasteiger partial charge in [0.2, 0.25) is 5.91 Å². The zero-order valence-electron chi connectivity index (χ0n) is 16.3. The van der Waals surface area contributed by atoms with Gasteiger partial charge in [0.25, 0.3) is 12.0 Å². The monoisotopic (exact) mass is 409 g/mol. The van der Waals surface area contributed by atoms with E-state index in [9.17, 15) is 14.7 Å². The van der Waals surface area contributed by atoms with Gasteiger partial charge >= 0.3 is 0 Å². The maximum atomic E-state index is 12.7. The highest BCUT2D eigenvalue weighted by Crippen LogP contribution is 2.22. The van der Waals surface area contributed by atoms with Crippen LogP contribution in [-0.2, 0) is 22.6 Å². The lowest BCUT2D eigenvalue weighted by molar-refractivity contribution is -0.131. The van der Waals surface area contributed by atoms with Gasteiger partial charge in [-0.25, -0.2) is 4.98 Å². The number of benzene rings is 2. The summed E-state index contributed by atoms with van der Waals surface area (Å²) in [4.78, 5) is 39.7. The van der Waals surface area contributed by atoms with E-state index in [-0.39, 0.29) is 30.2 Å². The second kappa shape index (κ2) is 9.69. The fourth-order valence-electron chi connectivity index (χ4n) is 3.66. The van der Waals surface area contributed by atoms with Crippen LogP contribution in [0.3, 0.4) is 0 Å². The zero-order chi connectivity index (χ0) is 21.5. The third-order valence-electron chi connectivity index (χ3n) is 5.14. The van der Waals surface area contributed by atoms with E-state index in [1.807, 2.05) is 23.1 Å². The molecule has 1 unspecified atom stereocenters. The van der Waals surface area contributed by atoms with Crippen molar-refractivity contribution >= 4 is 23.3 Å². The van der Waals surface area contributed by atoms with E-state index >= 15 is 0 Å². The average Bonchev–Trinajstić information content (AvgIpc) is 3.21. The molecule has 2 aromatic carbocycles. The number of phenolic OH excluding ortho intramolecular Hbond substituents is 1. The summed E-state index contributed by atoms with van der Waals surface area (Å²) >= 11 is 0. The zero-order valence-corrected chi connectivity index (χ0v) is 16.3. The molecular formula is C22H23N3O5. The minimum atomic E-state index is -0.250. The Morgan fingerprint density at radius 2 is 1.87 bits per heavy atom. The molecule has 0 aliphatic carbocycles. The first-order valence-corrected chi connectivity index (χ1v) is 9.59. The van der Waals surface area contributed by atoms with E-state index in [0.717, 1.165) is 18.4 Å². The lowest BCUT2D eigenvalue weighted by atomic mass is 9.99. The van der Waals surface area contributed by atoms with Gasteiger partial charge in [-0.15, -0.1) is 0 Å². The lowest BCUT2D eigenvalue weighted by Gasteiger charge is -2.17. The van der Waals surface area contributed by atoms with Gasteiger partial charge in [0, 0.05) is 13.1 Å². The summed E-state index contributed by atoms with van der Waals surface area (Å²) in [6.45, 7) is 1.16. The smallest absolute Gasteiger partial charge is 0.290 e. The minimum absolute atomic E-state index is 0.0165. The fourth-order valence-corrected chi connectivity index (χ4v) is 3.66. The first-order chi connectivity index (χ1) is 14.5. The number of aromatic hydroxyl groups is 1. The molecule has 1 fully saturated rings. The molecule has 2 N–H and O–H groups in total. The first kappa shape index (κ1) is 21.0. The number of rotatable bonds is 4. The first-order valence-electron chi connectivity index (χ1n) is 9.59. The molecule has 1 aromatic heterocycles. The van der Waals surface area contributed by atoms with Crippen molar-refractivity contribution in [2.24, 2.45) is 5.92 Å². The van der Waals surface area contributed by atoms with Crippen LogP contribution in [0.1, 0.15) is 12.0 Å². The van der Waals surface area contributed by atoms with Gasteiger partial charge in [-0.05, 0) is 48.6 Å². The number of para-hydroxylation sites is 1. The van der Waals surface area contributed by atoms with Crippen molar-refractivity contribution in [2.45, 2.75) is 19.4 Å². The van der Waals surface area contributed by atoms with Crippen LogP contribution in [0.2, 0.25) is 0 Å². The highest BCUT2D eigenvalue weighted by molar-refractivity contribution is 5.79. The van der Waals surface area contributed by atoms with Crippen molar-refractivity contribution < 1.29 is 19.8 Å². The number of nitrogens with zero attached hydrogens (tertiary/aromatic N) is 3. The third kappa shape index (κ3) is 5.02. The van der Waals surface area contributed by atoms with Crippen molar-refractivity contribution in [3.05, 3.63) is 70.8 Å². The topological polar surface area (TPSA) is 113 Å². The SMILES string of the molecule is O=C(Cn1cnc2ccccc2c1=O)N1CCC(Cc2ccc(O)cc2)C1.O=CO. The van der Waals surface area contributed by atoms with Crippen molar-refractivity contribution in [3.63, 3.8) is 0 Å². The predicted molar refractivity (Wildman–Crippen MR) is 111 cm³/mol. The second-order valence-electron chi connectivity index (χ2n) is 7.17. The van der Waals surface area contributed by atoms with Gasteiger partial charge in [-0.3, -0.25) is 19.0 Å². The van der Waals surface area contributed by atoms with Crippen LogP contribution in [0.4, 0.5) is 0 Å². The molecule has 0 saturated carbocycles. The molecule has 0 radical (unpaired) electrons. The molecule has 2 heterocycles. The number of hydrogen-bond donors (Lipinski definition) is 2. The molecule has 3 aromatic rings. The van der Waals surface area contributed by atoms with Gasteiger partial charge in [-0.1, -0.05) is 24.3 Å². The number of carboxylic acid groups (broad SMARTS) is 1. The van der Waals surface area contributed by atoms with Crippen LogP contribution in [0.15, 0.2) is 59.7 Å². The van der Waals surface area contributed by atoms with Gasteiger partial charge < -0.3 is 15.1 Å². The Morgan fingerprint density at radius 3 is 2.60 bits per heavy atom. The normalized spacial score (nSPS) is 15.5. The van der Waals surface area contributed by atoms with Gasteiger partial charge in [-0.2, -0.15) is 0 Å². The molecule has 30 heavy (non-hydrogen) atoms. The van der Waals surface area contributed by atoms with Crippen LogP contribution in [-0.4, -0.2) is 50.1 Å². The van der Waals surface area contributed by atoms with E-state index in [0.29, 0.717) is 29.9 Å². The Hall–Kier alpha value is -3.68. The van der Waals surface area contributed by atoms with Gasteiger partial charge in [0.15, 0.2) is 0 Å². The molecule has 156 valence electrons. The van der Waals surface area contributed by atoms with Crippen molar-refractivity contribution in [3.8, 4) is 5.75 Å². The van der Waals surface area contributed by atoms with E-state index in [1.54, 1.807) is 30.3 Å². The Balaban J connectivity index is 0.000000806. The second-order valence-corrected chi connectivity index (χ2v) is 7.17. The number of hydrogen-bond acceptors (Lipinski definition) is 5. The molecule has 0 bridgehead atoms. The molecule has 1 atom stereocenters. The summed E-state index contributed by atoms with van der Waals surface area (Å²) in [5.74, 6) is 0.601. The van der Waals surface area contributed by atoms with E-state index in [1.165, 1.54) is 10.9 Å².